The number of aliphatic hydroxyl groups excluding tert-OH is 1. The van der Waals surface area contributed by atoms with Crippen LogP contribution in [0.15, 0.2) is 54.0 Å². The lowest BCUT2D eigenvalue weighted by molar-refractivity contribution is -0.113. The highest BCUT2D eigenvalue weighted by Gasteiger charge is 2.35. The molecule has 0 unspecified atom stereocenters. The molecule has 1 aliphatic heterocycles. The zero-order chi connectivity index (χ0) is 24.1. The first-order valence-corrected chi connectivity index (χ1v) is 11.1. The third-order valence-electron chi connectivity index (χ3n) is 5.42. The number of benzene rings is 1. The Kier molecular flexibility index (Phi) is 7.07. The minimum Gasteiger partial charge on any atom is -0.493 e. The second-order valence-electron chi connectivity index (χ2n) is 7.73. The van der Waals surface area contributed by atoms with Gasteiger partial charge < -0.3 is 25.2 Å². The van der Waals surface area contributed by atoms with Crippen LogP contribution in [0.4, 0.5) is 11.6 Å². The molecule has 0 radical (unpaired) electrons. The molecular weight excluding hydrogens is 436 g/mol. The van der Waals surface area contributed by atoms with Gasteiger partial charge in [-0.25, -0.2) is 4.68 Å². The summed E-state index contributed by atoms with van der Waals surface area (Å²) in [5, 5.41) is 20.0. The summed E-state index contributed by atoms with van der Waals surface area (Å²) in [5.74, 6) is 2.01. The van der Waals surface area contributed by atoms with Crippen molar-refractivity contribution in [1.29, 1.82) is 0 Å². The van der Waals surface area contributed by atoms with Crippen LogP contribution in [0.2, 0.25) is 0 Å². The standard InChI is InChI=1S/C24H28N6O4/c1-4-34-18-10-9-16(13-19(18)33-3)22-21(23(32)27-17-7-5-11-25-14-17)15(2)26-24-28-20(8-6-12-31)29-30(22)24/h5,7,9-11,13-14,22,31H,4,6,8,12H2,1-3H3,(H,27,32)(H,26,28,29)/t22-/m0/s1. The number of nitrogens with one attached hydrogen (secondary N) is 2. The second-order valence-corrected chi connectivity index (χ2v) is 7.73. The lowest BCUT2D eigenvalue weighted by Crippen LogP contribution is -2.31. The second kappa shape index (κ2) is 10.3. The molecule has 1 aliphatic rings. The van der Waals surface area contributed by atoms with Gasteiger partial charge in [0.15, 0.2) is 17.3 Å². The number of rotatable bonds is 9. The Bertz CT molecular complexity index is 1190. The van der Waals surface area contributed by atoms with Crippen molar-refractivity contribution in [3.05, 3.63) is 65.4 Å². The largest absolute Gasteiger partial charge is 0.493 e. The Morgan fingerprint density at radius 2 is 2.15 bits per heavy atom. The first kappa shape index (κ1) is 23.2. The van der Waals surface area contributed by atoms with Gasteiger partial charge in [-0.2, -0.15) is 10.1 Å². The molecule has 4 rings (SSSR count). The first-order chi connectivity index (χ1) is 16.5. The molecule has 2 aromatic heterocycles. The van der Waals surface area contributed by atoms with E-state index in [9.17, 15) is 9.90 Å². The number of hydrogen-bond donors (Lipinski definition) is 3. The van der Waals surface area contributed by atoms with Crippen molar-refractivity contribution in [2.24, 2.45) is 0 Å². The highest BCUT2D eigenvalue weighted by Crippen LogP contribution is 2.39. The molecule has 1 atom stereocenters. The van der Waals surface area contributed by atoms with E-state index < -0.39 is 6.04 Å². The normalized spacial score (nSPS) is 14.9. The molecule has 0 fully saturated rings. The molecule has 10 heteroatoms. The van der Waals surface area contributed by atoms with E-state index >= 15 is 0 Å². The third-order valence-corrected chi connectivity index (χ3v) is 5.42. The van der Waals surface area contributed by atoms with Crippen LogP contribution in [0, 0.1) is 0 Å². The van der Waals surface area contributed by atoms with E-state index in [4.69, 9.17) is 9.47 Å². The maximum absolute atomic E-state index is 13.5. The van der Waals surface area contributed by atoms with E-state index in [1.165, 1.54) is 0 Å². The van der Waals surface area contributed by atoms with Gasteiger partial charge in [-0.1, -0.05) is 6.07 Å². The van der Waals surface area contributed by atoms with Crippen molar-refractivity contribution in [3.8, 4) is 11.5 Å². The van der Waals surface area contributed by atoms with E-state index in [0.29, 0.717) is 59.7 Å². The fourth-order valence-electron chi connectivity index (χ4n) is 3.90. The summed E-state index contributed by atoms with van der Waals surface area (Å²) in [6, 6.07) is 8.55. The summed E-state index contributed by atoms with van der Waals surface area (Å²) in [4.78, 5) is 22.1. The van der Waals surface area contributed by atoms with Crippen LogP contribution < -0.4 is 20.1 Å². The lowest BCUT2D eigenvalue weighted by Gasteiger charge is -2.29. The van der Waals surface area contributed by atoms with Crippen molar-refractivity contribution in [2.75, 3.05) is 31.0 Å². The number of allylic oxidation sites excluding steroid dienone is 1. The monoisotopic (exact) mass is 464 g/mol. The van der Waals surface area contributed by atoms with Gasteiger partial charge in [-0.15, -0.1) is 0 Å². The lowest BCUT2D eigenvalue weighted by atomic mass is 9.94. The summed E-state index contributed by atoms with van der Waals surface area (Å²) < 4.78 is 12.9. The predicted molar refractivity (Wildman–Crippen MR) is 127 cm³/mol. The van der Waals surface area contributed by atoms with Crippen LogP contribution in [0.25, 0.3) is 0 Å². The van der Waals surface area contributed by atoms with Gasteiger partial charge in [0, 0.05) is 24.9 Å². The van der Waals surface area contributed by atoms with Crippen molar-refractivity contribution < 1.29 is 19.4 Å². The molecule has 0 saturated carbocycles. The number of carbonyl (C=O) groups is 1. The van der Waals surface area contributed by atoms with Crippen LogP contribution in [-0.2, 0) is 11.2 Å². The van der Waals surface area contributed by atoms with E-state index in [-0.39, 0.29) is 12.5 Å². The highest BCUT2D eigenvalue weighted by molar-refractivity contribution is 6.05. The van der Waals surface area contributed by atoms with Gasteiger partial charge in [-0.3, -0.25) is 9.78 Å². The van der Waals surface area contributed by atoms with Crippen LogP contribution in [0.3, 0.4) is 0 Å². The van der Waals surface area contributed by atoms with E-state index in [1.807, 2.05) is 32.0 Å². The number of methoxy groups -OCH3 is 1. The minimum atomic E-state index is -0.562. The van der Waals surface area contributed by atoms with Gasteiger partial charge in [0.25, 0.3) is 5.91 Å². The van der Waals surface area contributed by atoms with E-state index in [2.05, 4.69) is 25.7 Å². The van der Waals surface area contributed by atoms with Crippen LogP contribution in [0.1, 0.15) is 37.7 Å². The summed E-state index contributed by atoms with van der Waals surface area (Å²) in [7, 11) is 1.58. The number of pyridine rings is 1. The molecule has 0 saturated heterocycles. The Labute approximate surface area is 197 Å². The summed E-state index contributed by atoms with van der Waals surface area (Å²) in [6.07, 6.45) is 4.30. The van der Waals surface area contributed by atoms with E-state index in [1.54, 1.807) is 36.3 Å². The summed E-state index contributed by atoms with van der Waals surface area (Å²) in [6.45, 7) is 4.29. The number of hydrogen-bond acceptors (Lipinski definition) is 8. The fraction of sp³-hybridized carbons (Fsp3) is 0.333. The van der Waals surface area contributed by atoms with Gasteiger partial charge in [0.05, 0.1) is 31.2 Å². The minimum absolute atomic E-state index is 0.0485. The van der Waals surface area contributed by atoms with Crippen LogP contribution in [0.5, 0.6) is 11.5 Å². The van der Waals surface area contributed by atoms with Crippen molar-refractivity contribution in [1.82, 2.24) is 19.7 Å². The number of ether oxygens (including phenoxy) is 2. The smallest absolute Gasteiger partial charge is 0.255 e. The molecule has 0 aliphatic carbocycles. The van der Waals surface area contributed by atoms with Gasteiger partial charge in [0.2, 0.25) is 5.95 Å². The van der Waals surface area contributed by atoms with Crippen LogP contribution >= 0.6 is 0 Å². The quantitative estimate of drug-likeness (QED) is 0.442. The average molecular weight is 465 g/mol. The van der Waals surface area contributed by atoms with Gasteiger partial charge >= 0.3 is 0 Å². The SMILES string of the molecule is CCOc1ccc([C@H]2C(C(=O)Nc3cccnc3)=C(C)Nc3nc(CCCO)nn32)cc1OC. The molecule has 178 valence electrons. The predicted octanol–water partition coefficient (Wildman–Crippen LogP) is 2.93. The number of carbonyl (C=O) groups excluding carboxylic acids is 1. The zero-order valence-corrected chi connectivity index (χ0v) is 19.4. The molecule has 0 bridgehead atoms. The Morgan fingerprint density at radius 3 is 2.85 bits per heavy atom. The van der Waals surface area contributed by atoms with Crippen molar-refractivity contribution in [2.45, 2.75) is 32.7 Å². The molecule has 34 heavy (non-hydrogen) atoms. The molecule has 1 amide bonds. The Morgan fingerprint density at radius 1 is 1.29 bits per heavy atom. The first-order valence-electron chi connectivity index (χ1n) is 11.1. The molecule has 3 heterocycles. The number of fused-ring (bicyclic) bond motifs is 1. The summed E-state index contributed by atoms with van der Waals surface area (Å²) >= 11 is 0. The summed E-state index contributed by atoms with van der Waals surface area (Å²) in [5.41, 5.74) is 2.52. The van der Waals surface area contributed by atoms with Crippen molar-refractivity contribution >= 4 is 17.5 Å². The third kappa shape index (κ3) is 4.72. The molecule has 10 nitrogen and oxygen atoms in total. The molecule has 0 spiro atoms. The molecular formula is C24H28N6O4. The molecule has 3 N–H and O–H groups in total. The van der Waals surface area contributed by atoms with Gasteiger partial charge in [0.1, 0.15) is 6.04 Å². The topological polar surface area (TPSA) is 123 Å². The van der Waals surface area contributed by atoms with Crippen LogP contribution in [-0.4, -0.2) is 51.1 Å². The number of amides is 1. The Balaban J connectivity index is 1.79. The fourth-order valence-corrected chi connectivity index (χ4v) is 3.90. The number of anilines is 2. The Hall–Kier alpha value is -3.92. The average Bonchev–Trinajstić information content (AvgIpc) is 3.25. The van der Waals surface area contributed by atoms with E-state index in [0.717, 1.165) is 5.56 Å². The maximum atomic E-state index is 13.5. The highest BCUT2D eigenvalue weighted by atomic mass is 16.5. The van der Waals surface area contributed by atoms with Gasteiger partial charge in [-0.05, 0) is 50.1 Å². The number of aliphatic hydroxyl groups is 1. The molecule has 3 aromatic rings. The molecule has 1 aromatic carbocycles. The zero-order valence-electron chi connectivity index (χ0n) is 19.4. The maximum Gasteiger partial charge on any atom is 0.255 e. The number of nitrogens with zero attached hydrogens (tertiary/aromatic N) is 4. The van der Waals surface area contributed by atoms with Crippen molar-refractivity contribution in [3.63, 3.8) is 0 Å². The number of aromatic nitrogens is 4. The number of aryl methyl sites for hydroxylation is 1.